The quantitative estimate of drug-likeness (QED) is 0.526. The molecule has 0 radical (unpaired) electrons. The van der Waals surface area contributed by atoms with Crippen LogP contribution in [0, 0.1) is 5.41 Å². The Morgan fingerprint density at radius 2 is 2.38 bits per heavy atom. The molecule has 0 aliphatic heterocycles. The largest absolute Gasteiger partial charge is 0.481 e. The molecule has 0 fully saturated rings. The molecule has 0 unspecified atom stereocenters. The van der Waals surface area contributed by atoms with Gasteiger partial charge < -0.3 is 16.2 Å². The van der Waals surface area contributed by atoms with Gasteiger partial charge in [-0.05, 0) is 6.07 Å². The van der Waals surface area contributed by atoms with Crippen LogP contribution in [0.2, 0.25) is 0 Å². The standard InChI is InChI=1S/C9H13N5OS/c1-15-7-6(3-2-4-13-7)5-16-9(12)14-8(10)11/h2-4H,5H2,1H3,(H5,10,11,12,14). The summed E-state index contributed by atoms with van der Waals surface area (Å²) < 4.78 is 5.08. The number of nitrogens with one attached hydrogen (secondary N) is 1. The Morgan fingerprint density at radius 1 is 1.62 bits per heavy atom. The number of hydrogen-bond donors (Lipinski definition) is 3. The number of aliphatic imine (C=N–C) groups is 1. The SMILES string of the molecule is COc1ncccc1CSC(=N)N=C(N)N. The third-order valence-corrected chi connectivity index (χ3v) is 2.46. The average Bonchev–Trinajstić information content (AvgIpc) is 2.26. The maximum atomic E-state index is 7.45. The van der Waals surface area contributed by atoms with Crippen molar-refractivity contribution in [3.05, 3.63) is 23.9 Å². The fourth-order valence-electron chi connectivity index (χ4n) is 1.01. The third-order valence-electron chi connectivity index (χ3n) is 1.64. The van der Waals surface area contributed by atoms with Crippen molar-refractivity contribution in [3.63, 3.8) is 0 Å². The minimum absolute atomic E-state index is 0.0610. The summed E-state index contributed by atoms with van der Waals surface area (Å²) in [7, 11) is 1.55. The van der Waals surface area contributed by atoms with Gasteiger partial charge in [-0.1, -0.05) is 17.8 Å². The zero-order valence-electron chi connectivity index (χ0n) is 8.80. The lowest BCUT2D eigenvalue weighted by Gasteiger charge is -2.05. The summed E-state index contributed by atoms with van der Waals surface area (Å²) in [5.41, 5.74) is 11.2. The summed E-state index contributed by atoms with van der Waals surface area (Å²) in [6.07, 6.45) is 1.65. The zero-order valence-corrected chi connectivity index (χ0v) is 9.62. The van der Waals surface area contributed by atoms with E-state index in [1.807, 2.05) is 12.1 Å². The van der Waals surface area contributed by atoms with E-state index in [0.29, 0.717) is 11.6 Å². The van der Waals surface area contributed by atoms with Crippen LogP contribution in [0.1, 0.15) is 5.56 Å². The Kier molecular flexibility index (Phi) is 4.59. The van der Waals surface area contributed by atoms with Crippen LogP contribution >= 0.6 is 11.8 Å². The second-order valence-electron chi connectivity index (χ2n) is 2.80. The number of pyridine rings is 1. The van der Waals surface area contributed by atoms with Crippen molar-refractivity contribution in [3.8, 4) is 5.88 Å². The highest BCUT2D eigenvalue weighted by atomic mass is 32.2. The van der Waals surface area contributed by atoms with Crippen molar-refractivity contribution < 1.29 is 4.74 Å². The molecule has 0 atom stereocenters. The number of thioether (sulfide) groups is 1. The Hall–Kier alpha value is -1.76. The number of rotatable bonds is 3. The molecule has 0 amide bonds. The van der Waals surface area contributed by atoms with E-state index in [9.17, 15) is 0 Å². The first-order valence-electron chi connectivity index (χ1n) is 4.42. The molecule has 5 N–H and O–H groups in total. The molecule has 86 valence electrons. The lowest BCUT2D eigenvalue weighted by molar-refractivity contribution is 0.394. The van der Waals surface area contributed by atoms with Gasteiger partial charge in [0.25, 0.3) is 0 Å². The van der Waals surface area contributed by atoms with E-state index in [-0.39, 0.29) is 11.1 Å². The molecule has 0 saturated heterocycles. The first-order valence-corrected chi connectivity index (χ1v) is 5.41. The lowest BCUT2D eigenvalue weighted by Crippen LogP contribution is -2.23. The minimum Gasteiger partial charge on any atom is -0.481 e. The maximum Gasteiger partial charge on any atom is 0.217 e. The molecule has 1 heterocycles. The fourth-order valence-corrected chi connectivity index (χ4v) is 1.70. The van der Waals surface area contributed by atoms with E-state index < -0.39 is 0 Å². The van der Waals surface area contributed by atoms with Gasteiger partial charge in [0.15, 0.2) is 11.1 Å². The van der Waals surface area contributed by atoms with Gasteiger partial charge in [0.1, 0.15) is 0 Å². The molecule has 0 aliphatic carbocycles. The Labute approximate surface area is 97.6 Å². The normalized spacial score (nSPS) is 9.56. The van der Waals surface area contributed by atoms with Crippen molar-refractivity contribution in [2.75, 3.05) is 7.11 Å². The molecule has 0 saturated carbocycles. The molecule has 1 aromatic heterocycles. The highest BCUT2D eigenvalue weighted by molar-refractivity contribution is 8.13. The number of guanidine groups is 1. The number of methoxy groups -OCH3 is 1. The first kappa shape index (κ1) is 12.3. The molecule has 0 aliphatic rings. The van der Waals surface area contributed by atoms with Crippen LogP contribution in [0.15, 0.2) is 23.3 Å². The molecule has 0 aromatic carbocycles. The molecule has 0 spiro atoms. The van der Waals surface area contributed by atoms with Gasteiger partial charge in [-0.25, -0.2) is 4.98 Å². The van der Waals surface area contributed by atoms with Gasteiger partial charge >= 0.3 is 0 Å². The molecule has 6 nitrogen and oxygen atoms in total. The van der Waals surface area contributed by atoms with Crippen LogP contribution in [0.5, 0.6) is 5.88 Å². The van der Waals surface area contributed by atoms with E-state index in [0.717, 1.165) is 5.56 Å². The van der Waals surface area contributed by atoms with Crippen molar-refractivity contribution in [1.82, 2.24) is 4.98 Å². The number of hydrogen-bond acceptors (Lipinski definition) is 4. The van der Waals surface area contributed by atoms with Gasteiger partial charge in [-0.3, -0.25) is 5.41 Å². The number of aromatic nitrogens is 1. The van der Waals surface area contributed by atoms with E-state index in [4.69, 9.17) is 21.6 Å². The van der Waals surface area contributed by atoms with Crippen molar-refractivity contribution in [1.29, 1.82) is 5.41 Å². The summed E-state index contributed by atoms with van der Waals surface area (Å²) in [6, 6.07) is 3.68. The van der Waals surface area contributed by atoms with E-state index in [1.54, 1.807) is 13.3 Å². The van der Waals surface area contributed by atoms with Crippen molar-refractivity contribution in [2.45, 2.75) is 5.75 Å². The van der Waals surface area contributed by atoms with E-state index >= 15 is 0 Å². The highest BCUT2D eigenvalue weighted by Gasteiger charge is 2.05. The summed E-state index contributed by atoms with van der Waals surface area (Å²) >= 11 is 1.20. The Morgan fingerprint density at radius 3 is 3.00 bits per heavy atom. The van der Waals surface area contributed by atoms with Crippen molar-refractivity contribution >= 4 is 22.9 Å². The first-order chi connectivity index (χ1) is 7.63. The van der Waals surface area contributed by atoms with Crippen LogP contribution in [0.25, 0.3) is 0 Å². The molecule has 0 bridgehead atoms. The van der Waals surface area contributed by atoms with Crippen LogP contribution in [0.4, 0.5) is 0 Å². The second-order valence-corrected chi connectivity index (χ2v) is 3.77. The number of nitrogens with two attached hydrogens (primary N) is 2. The molecule has 7 heteroatoms. The molecule has 16 heavy (non-hydrogen) atoms. The topological polar surface area (TPSA) is 110 Å². The predicted octanol–water partition coefficient (Wildman–Crippen LogP) is 0.532. The molecular weight excluding hydrogens is 226 g/mol. The number of amidine groups is 1. The number of ether oxygens (including phenoxy) is 1. The summed E-state index contributed by atoms with van der Waals surface area (Å²) in [5.74, 6) is 0.968. The third kappa shape index (κ3) is 3.77. The Balaban J connectivity index is 2.61. The monoisotopic (exact) mass is 239 g/mol. The van der Waals surface area contributed by atoms with Crippen LogP contribution in [-0.4, -0.2) is 23.2 Å². The van der Waals surface area contributed by atoms with Crippen LogP contribution in [0.3, 0.4) is 0 Å². The predicted molar refractivity (Wildman–Crippen MR) is 65.6 cm³/mol. The van der Waals surface area contributed by atoms with Crippen LogP contribution in [-0.2, 0) is 5.75 Å². The number of nitrogens with zero attached hydrogens (tertiary/aromatic N) is 2. The minimum atomic E-state index is -0.115. The molecule has 1 rings (SSSR count). The average molecular weight is 239 g/mol. The fraction of sp³-hybridized carbons (Fsp3) is 0.222. The van der Waals surface area contributed by atoms with Gasteiger partial charge in [-0.2, -0.15) is 4.99 Å². The van der Waals surface area contributed by atoms with Gasteiger partial charge in [0.05, 0.1) is 7.11 Å². The maximum absolute atomic E-state index is 7.45. The van der Waals surface area contributed by atoms with Gasteiger partial charge in [-0.15, -0.1) is 0 Å². The van der Waals surface area contributed by atoms with Crippen LogP contribution < -0.4 is 16.2 Å². The zero-order chi connectivity index (χ0) is 12.0. The van der Waals surface area contributed by atoms with E-state index in [2.05, 4.69) is 9.98 Å². The van der Waals surface area contributed by atoms with Gasteiger partial charge in [0.2, 0.25) is 5.88 Å². The molecule has 1 aromatic rings. The second kappa shape index (κ2) is 5.96. The van der Waals surface area contributed by atoms with Crippen molar-refractivity contribution in [2.24, 2.45) is 16.5 Å². The Bertz CT molecular complexity index is 403. The molecular formula is C9H13N5OS. The van der Waals surface area contributed by atoms with Gasteiger partial charge in [0, 0.05) is 17.5 Å². The summed E-state index contributed by atoms with van der Waals surface area (Å²) in [5, 5.41) is 7.51. The highest BCUT2D eigenvalue weighted by Crippen LogP contribution is 2.20. The lowest BCUT2D eigenvalue weighted by atomic mass is 10.3. The smallest absolute Gasteiger partial charge is 0.217 e. The van der Waals surface area contributed by atoms with E-state index in [1.165, 1.54) is 11.8 Å². The summed E-state index contributed by atoms with van der Waals surface area (Å²) in [6.45, 7) is 0. The summed E-state index contributed by atoms with van der Waals surface area (Å²) in [4.78, 5) is 7.65.